The van der Waals surface area contributed by atoms with Crippen molar-refractivity contribution < 1.29 is 17.9 Å². The van der Waals surface area contributed by atoms with Gasteiger partial charge in [0.05, 0.1) is 54.7 Å². The Labute approximate surface area is 231 Å². The van der Waals surface area contributed by atoms with Crippen molar-refractivity contribution >= 4 is 32.1 Å². The van der Waals surface area contributed by atoms with Crippen LogP contribution in [0.2, 0.25) is 0 Å². The number of rotatable bonds is 8. The number of anilines is 2. The highest BCUT2D eigenvalue weighted by Gasteiger charge is 2.26. The molecule has 1 saturated carbocycles. The van der Waals surface area contributed by atoms with Crippen LogP contribution in [0.3, 0.4) is 0 Å². The van der Waals surface area contributed by atoms with Gasteiger partial charge in [0, 0.05) is 35.5 Å². The minimum Gasteiger partial charge on any atom is -0.495 e. The predicted octanol–water partition coefficient (Wildman–Crippen LogP) is 4.37. The van der Waals surface area contributed by atoms with Gasteiger partial charge in [-0.2, -0.15) is 0 Å². The van der Waals surface area contributed by atoms with E-state index >= 15 is 0 Å². The summed E-state index contributed by atoms with van der Waals surface area (Å²) in [6, 6.07) is 14.9. The Hall–Kier alpha value is -3.19. The molecule has 3 aromatic rings. The van der Waals surface area contributed by atoms with Crippen molar-refractivity contribution in [3.8, 4) is 17.6 Å². The monoisotopic (exact) mass is 550 g/mol. The third kappa shape index (κ3) is 6.03. The average Bonchev–Trinajstić information content (AvgIpc) is 3.24. The Morgan fingerprint density at radius 2 is 1.85 bits per heavy atom. The number of nitrogens with zero attached hydrogens (tertiary/aromatic N) is 2. The Morgan fingerprint density at radius 1 is 1.08 bits per heavy atom. The van der Waals surface area contributed by atoms with Crippen molar-refractivity contribution in [1.82, 2.24) is 9.47 Å². The first-order chi connectivity index (χ1) is 18.7. The SMILES string of the molecule is COc1cc(S(C)(=O)=O)ccc1NCC#Cc1cc2c(NC3CCC(N(C)C)CC3)cccc2n1C1COC1. The normalized spacial score (nSPS) is 19.8. The number of fused-ring (bicyclic) bond motifs is 1. The van der Waals surface area contributed by atoms with Crippen LogP contribution < -0.4 is 15.4 Å². The van der Waals surface area contributed by atoms with Crippen molar-refractivity contribution in [3.05, 3.63) is 48.2 Å². The van der Waals surface area contributed by atoms with Gasteiger partial charge >= 0.3 is 0 Å². The van der Waals surface area contributed by atoms with E-state index in [2.05, 4.69) is 70.3 Å². The lowest BCUT2D eigenvalue weighted by Crippen LogP contribution is -2.36. The van der Waals surface area contributed by atoms with Gasteiger partial charge in [-0.1, -0.05) is 12.0 Å². The highest BCUT2D eigenvalue weighted by Crippen LogP contribution is 2.34. The molecule has 0 spiro atoms. The zero-order valence-corrected chi connectivity index (χ0v) is 24.0. The Morgan fingerprint density at radius 3 is 2.49 bits per heavy atom. The van der Waals surface area contributed by atoms with E-state index in [0.717, 1.165) is 11.4 Å². The molecule has 1 aliphatic carbocycles. The fraction of sp³-hybridized carbons (Fsp3) is 0.467. The van der Waals surface area contributed by atoms with E-state index in [1.54, 1.807) is 12.1 Å². The quantitative estimate of drug-likeness (QED) is 0.403. The number of aromatic nitrogens is 1. The Kier molecular flexibility index (Phi) is 8.08. The van der Waals surface area contributed by atoms with Gasteiger partial charge in [-0.15, -0.1) is 0 Å². The molecular weight excluding hydrogens is 512 g/mol. The molecule has 1 saturated heterocycles. The van der Waals surface area contributed by atoms with Crippen LogP contribution in [-0.4, -0.2) is 77.2 Å². The molecule has 2 aromatic carbocycles. The zero-order chi connectivity index (χ0) is 27.6. The Balaban J connectivity index is 1.35. The number of ether oxygens (including phenoxy) is 2. The molecule has 8 nitrogen and oxygen atoms in total. The van der Waals surface area contributed by atoms with Gasteiger partial charge in [0.1, 0.15) is 5.75 Å². The zero-order valence-electron chi connectivity index (χ0n) is 23.2. The summed E-state index contributed by atoms with van der Waals surface area (Å²) >= 11 is 0. The van der Waals surface area contributed by atoms with Crippen LogP contribution in [0.5, 0.6) is 5.75 Å². The van der Waals surface area contributed by atoms with Crippen LogP contribution in [0, 0.1) is 11.8 Å². The molecule has 0 radical (unpaired) electrons. The summed E-state index contributed by atoms with van der Waals surface area (Å²) < 4.78 is 37.0. The van der Waals surface area contributed by atoms with Gasteiger partial charge in [0.15, 0.2) is 9.84 Å². The molecule has 2 fully saturated rings. The summed E-state index contributed by atoms with van der Waals surface area (Å²) in [5.41, 5.74) is 4.00. The summed E-state index contributed by atoms with van der Waals surface area (Å²) in [5, 5.41) is 8.28. The van der Waals surface area contributed by atoms with Crippen LogP contribution in [-0.2, 0) is 14.6 Å². The number of hydrogen-bond donors (Lipinski definition) is 2. The van der Waals surface area contributed by atoms with Gasteiger partial charge in [-0.05, 0) is 76.0 Å². The highest BCUT2D eigenvalue weighted by atomic mass is 32.2. The first-order valence-corrected chi connectivity index (χ1v) is 15.4. The van der Waals surface area contributed by atoms with Crippen LogP contribution in [0.25, 0.3) is 10.9 Å². The predicted molar refractivity (Wildman–Crippen MR) is 157 cm³/mol. The Bertz CT molecular complexity index is 1490. The van der Waals surface area contributed by atoms with Crippen molar-refractivity contribution in [2.24, 2.45) is 0 Å². The smallest absolute Gasteiger partial charge is 0.175 e. The van der Waals surface area contributed by atoms with E-state index in [-0.39, 0.29) is 10.9 Å². The number of sulfone groups is 1. The molecule has 208 valence electrons. The van der Waals surface area contributed by atoms with Crippen molar-refractivity contribution in [2.45, 2.75) is 48.7 Å². The molecule has 5 rings (SSSR count). The fourth-order valence-electron chi connectivity index (χ4n) is 5.52. The van der Waals surface area contributed by atoms with E-state index in [1.165, 1.54) is 56.0 Å². The second-order valence-corrected chi connectivity index (χ2v) is 12.7. The lowest BCUT2D eigenvalue weighted by atomic mass is 9.90. The van der Waals surface area contributed by atoms with Crippen molar-refractivity contribution in [2.75, 3.05) is 57.9 Å². The third-order valence-corrected chi connectivity index (χ3v) is 8.95. The van der Waals surface area contributed by atoms with Crippen molar-refractivity contribution in [3.63, 3.8) is 0 Å². The molecule has 0 atom stereocenters. The largest absolute Gasteiger partial charge is 0.495 e. The maximum absolute atomic E-state index is 11.9. The summed E-state index contributed by atoms with van der Waals surface area (Å²) in [6.07, 6.45) is 5.95. The summed E-state index contributed by atoms with van der Waals surface area (Å²) in [7, 11) is 2.57. The average molecular weight is 551 g/mol. The van der Waals surface area contributed by atoms with Crippen LogP contribution in [0.4, 0.5) is 11.4 Å². The van der Waals surface area contributed by atoms with Crippen LogP contribution in [0.1, 0.15) is 37.4 Å². The van der Waals surface area contributed by atoms with Gasteiger partial charge < -0.3 is 29.6 Å². The molecule has 0 unspecified atom stereocenters. The topological polar surface area (TPSA) is 84.8 Å². The summed E-state index contributed by atoms with van der Waals surface area (Å²) in [5.74, 6) is 7.08. The van der Waals surface area contributed by atoms with E-state index in [9.17, 15) is 8.42 Å². The minimum atomic E-state index is -3.31. The summed E-state index contributed by atoms with van der Waals surface area (Å²) in [4.78, 5) is 2.57. The van der Waals surface area contributed by atoms with E-state index in [4.69, 9.17) is 9.47 Å². The standard InChI is InChI=1S/C30H38N4O4S/c1-33(2)22-12-10-21(11-13-22)32-27-8-5-9-29-26(27)17-23(34(29)24-19-38-20-24)7-6-16-31-28-15-14-25(39(4,35)36)18-30(28)37-3/h5,8-9,14-15,17-18,21-22,24,31-32H,10-13,16,19-20H2,1-4H3. The summed E-state index contributed by atoms with van der Waals surface area (Å²) in [6.45, 7) is 1.76. The molecule has 0 bridgehead atoms. The van der Waals surface area contributed by atoms with E-state index < -0.39 is 9.84 Å². The molecule has 2 heterocycles. The lowest BCUT2D eigenvalue weighted by molar-refractivity contribution is -0.0216. The number of benzene rings is 2. The number of nitrogens with one attached hydrogen (secondary N) is 2. The molecule has 1 aromatic heterocycles. The van der Waals surface area contributed by atoms with Gasteiger partial charge in [-0.3, -0.25) is 0 Å². The molecule has 2 N–H and O–H groups in total. The van der Waals surface area contributed by atoms with Gasteiger partial charge in [0.2, 0.25) is 0 Å². The second-order valence-electron chi connectivity index (χ2n) is 10.7. The van der Waals surface area contributed by atoms with Gasteiger partial charge in [-0.25, -0.2) is 8.42 Å². The first kappa shape index (κ1) is 27.4. The minimum absolute atomic E-state index is 0.221. The van der Waals surface area contributed by atoms with Crippen LogP contribution >= 0.6 is 0 Å². The molecule has 39 heavy (non-hydrogen) atoms. The number of methoxy groups -OCH3 is 1. The lowest BCUT2D eigenvalue weighted by Gasteiger charge is -2.33. The third-order valence-electron chi connectivity index (χ3n) is 7.84. The molecular formula is C30H38N4O4S. The van der Waals surface area contributed by atoms with Gasteiger partial charge in [0.25, 0.3) is 0 Å². The molecule has 0 amide bonds. The molecule has 9 heteroatoms. The fourth-order valence-corrected chi connectivity index (χ4v) is 6.15. The van der Waals surface area contributed by atoms with E-state index in [0.29, 0.717) is 43.3 Å². The second kappa shape index (κ2) is 11.5. The molecule has 2 aliphatic rings. The molecule has 1 aliphatic heterocycles. The van der Waals surface area contributed by atoms with E-state index in [1.807, 2.05) is 0 Å². The first-order valence-electron chi connectivity index (χ1n) is 13.5. The highest BCUT2D eigenvalue weighted by molar-refractivity contribution is 7.90. The van der Waals surface area contributed by atoms with Crippen molar-refractivity contribution in [1.29, 1.82) is 0 Å². The number of hydrogen-bond acceptors (Lipinski definition) is 7. The maximum Gasteiger partial charge on any atom is 0.175 e. The maximum atomic E-state index is 11.9. The van der Waals surface area contributed by atoms with Crippen LogP contribution in [0.15, 0.2) is 47.4 Å².